The topological polar surface area (TPSA) is 59.6 Å². The minimum absolute atomic E-state index is 0.202. The van der Waals surface area contributed by atoms with Crippen molar-refractivity contribution in [1.82, 2.24) is 5.32 Å². The van der Waals surface area contributed by atoms with E-state index in [0.29, 0.717) is 38.8 Å². The number of nitrogens with one attached hydrogen (secondary N) is 1. The summed E-state index contributed by atoms with van der Waals surface area (Å²) in [6.07, 6.45) is 3.36. The highest BCUT2D eigenvalue weighted by Crippen LogP contribution is 2.31. The summed E-state index contributed by atoms with van der Waals surface area (Å²) in [5.41, 5.74) is 7.07. The van der Waals surface area contributed by atoms with Gasteiger partial charge in [-0.05, 0) is 36.6 Å². The molecule has 4 nitrogen and oxygen atoms in total. The van der Waals surface area contributed by atoms with Gasteiger partial charge in [0.25, 0.3) is 0 Å². The Morgan fingerprint density at radius 1 is 1.50 bits per heavy atom. The molecule has 1 aliphatic rings. The molecule has 0 saturated carbocycles. The molecule has 1 unspecified atom stereocenters. The highest BCUT2D eigenvalue weighted by Gasteiger charge is 2.13. The van der Waals surface area contributed by atoms with Crippen LogP contribution in [-0.2, 0) is 6.54 Å². The molecule has 2 rings (SSSR count). The van der Waals surface area contributed by atoms with Gasteiger partial charge in [0.05, 0.1) is 0 Å². The van der Waals surface area contributed by atoms with Gasteiger partial charge in [0, 0.05) is 29.9 Å². The van der Waals surface area contributed by atoms with Crippen LogP contribution < -0.4 is 15.8 Å². The third-order valence-corrected chi connectivity index (χ3v) is 4.88. The standard InChI is InChI=1S/C18H25FN3OP/c1-12(2)6-7-21-9-14-4-5-16(15(19)8-14)23-18-11-24-17(10-22-18)13(3)20/h4-5,8,10,12,21,24H,3,6-7,9,11,20H2,1-2H3. The van der Waals surface area contributed by atoms with Crippen molar-refractivity contribution in [2.45, 2.75) is 26.8 Å². The van der Waals surface area contributed by atoms with Gasteiger partial charge < -0.3 is 15.8 Å². The van der Waals surface area contributed by atoms with Gasteiger partial charge in [-0.25, -0.2) is 9.38 Å². The molecule has 130 valence electrons. The number of hydrogen-bond acceptors (Lipinski definition) is 4. The van der Waals surface area contributed by atoms with Crippen LogP contribution in [-0.4, -0.2) is 18.6 Å². The first-order valence-corrected chi connectivity index (χ1v) is 9.29. The van der Waals surface area contributed by atoms with E-state index in [1.54, 1.807) is 12.3 Å². The first-order chi connectivity index (χ1) is 11.5. The second-order valence-corrected chi connectivity index (χ2v) is 7.42. The molecule has 0 bridgehead atoms. The molecule has 0 radical (unpaired) electrons. The van der Waals surface area contributed by atoms with Gasteiger partial charge in [-0.3, -0.25) is 0 Å². The second kappa shape index (κ2) is 8.95. The molecule has 3 N–H and O–H groups in total. The Kier molecular flexibility index (Phi) is 6.95. The summed E-state index contributed by atoms with van der Waals surface area (Å²) in [4.78, 5) is 4.19. The van der Waals surface area contributed by atoms with Crippen LogP contribution >= 0.6 is 8.58 Å². The van der Waals surface area contributed by atoms with Crippen molar-refractivity contribution < 1.29 is 9.13 Å². The van der Waals surface area contributed by atoms with E-state index in [9.17, 15) is 4.39 Å². The number of hydrogen-bond donors (Lipinski definition) is 2. The predicted octanol–water partition coefficient (Wildman–Crippen LogP) is 3.74. The van der Waals surface area contributed by atoms with Crippen molar-refractivity contribution in [3.8, 4) is 5.75 Å². The molecular formula is C18H25FN3OP. The lowest BCUT2D eigenvalue weighted by atomic mass is 10.1. The Morgan fingerprint density at radius 2 is 2.29 bits per heavy atom. The van der Waals surface area contributed by atoms with Gasteiger partial charge >= 0.3 is 0 Å². The Labute approximate surface area is 144 Å². The van der Waals surface area contributed by atoms with Crippen molar-refractivity contribution in [2.75, 3.05) is 12.7 Å². The molecule has 1 aliphatic heterocycles. The maximum atomic E-state index is 14.2. The number of ether oxygens (including phenoxy) is 1. The molecule has 1 aromatic carbocycles. The number of halogens is 1. The molecule has 1 heterocycles. The second-order valence-electron chi connectivity index (χ2n) is 6.17. The van der Waals surface area contributed by atoms with E-state index in [1.165, 1.54) is 6.07 Å². The zero-order valence-corrected chi connectivity index (χ0v) is 15.2. The minimum atomic E-state index is -0.373. The third-order valence-electron chi connectivity index (χ3n) is 3.57. The lowest BCUT2D eigenvalue weighted by Gasteiger charge is -2.15. The van der Waals surface area contributed by atoms with Gasteiger partial charge in [-0.1, -0.05) is 35.1 Å². The molecule has 6 heteroatoms. The van der Waals surface area contributed by atoms with E-state index < -0.39 is 0 Å². The fraction of sp³-hybridized carbons (Fsp3) is 0.389. The fourth-order valence-corrected chi connectivity index (χ4v) is 3.03. The van der Waals surface area contributed by atoms with Crippen LogP contribution in [0.4, 0.5) is 4.39 Å². The van der Waals surface area contributed by atoms with E-state index in [4.69, 9.17) is 10.5 Å². The average Bonchev–Trinajstić information content (AvgIpc) is 2.54. The van der Waals surface area contributed by atoms with Crippen LogP contribution in [0.2, 0.25) is 0 Å². The number of allylic oxidation sites excluding steroid dienone is 1. The van der Waals surface area contributed by atoms with E-state index in [1.807, 2.05) is 6.07 Å². The number of rotatable bonds is 7. The highest BCUT2D eigenvalue weighted by atomic mass is 31.1. The zero-order valence-electron chi connectivity index (χ0n) is 14.2. The Bertz CT molecular complexity index is 656. The number of aliphatic imine (C=N–C) groups is 1. The van der Waals surface area contributed by atoms with Gasteiger partial charge in [0.15, 0.2) is 17.5 Å². The van der Waals surface area contributed by atoms with E-state index in [2.05, 4.69) is 30.7 Å². The van der Waals surface area contributed by atoms with Crippen LogP contribution in [0.3, 0.4) is 0 Å². The summed E-state index contributed by atoms with van der Waals surface area (Å²) < 4.78 is 19.8. The Balaban J connectivity index is 1.92. The van der Waals surface area contributed by atoms with Gasteiger partial charge in [-0.15, -0.1) is 0 Å². The smallest absolute Gasteiger partial charge is 0.199 e. The van der Waals surface area contributed by atoms with Gasteiger partial charge in [0.2, 0.25) is 0 Å². The van der Waals surface area contributed by atoms with Gasteiger partial charge in [0.1, 0.15) is 0 Å². The van der Waals surface area contributed by atoms with Crippen LogP contribution in [0.25, 0.3) is 0 Å². The monoisotopic (exact) mass is 349 g/mol. The largest absolute Gasteiger partial charge is 0.440 e. The predicted molar refractivity (Wildman–Crippen MR) is 100 cm³/mol. The Morgan fingerprint density at radius 3 is 2.88 bits per heavy atom. The molecular weight excluding hydrogens is 324 g/mol. The van der Waals surface area contributed by atoms with Crippen LogP contribution in [0, 0.1) is 11.7 Å². The van der Waals surface area contributed by atoms with Crippen LogP contribution in [0.5, 0.6) is 5.75 Å². The average molecular weight is 349 g/mol. The summed E-state index contributed by atoms with van der Waals surface area (Å²) in [5, 5.41) is 4.24. The summed E-state index contributed by atoms with van der Waals surface area (Å²) in [6.45, 7) is 9.64. The van der Waals surface area contributed by atoms with Crippen LogP contribution in [0.15, 0.2) is 47.0 Å². The normalized spacial score (nSPS) is 15.3. The quantitative estimate of drug-likeness (QED) is 0.582. The fourth-order valence-electron chi connectivity index (χ4n) is 2.15. The summed E-state index contributed by atoms with van der Waals surface area (Å²) in [6, 6.07) is 5.03. The summed E-state index contributed by atoms with van der Waals surface area (Å²) in [5.74, 6) is 0.989. The SMILES string of the molecule is C=C(N)C1=CN=C(Oc2ccc(CNCCC(C)C)cc2F)CP1. The first kappa shape index (κ1) is 18.6. The van der Waals surface area contributed by atoms with Crippen molar-refractivity contribution >= 4 is 14.5 Å². The zero-order chi connectivity index (χ0) is 17.5. The number of nitrogens with zero attached hydrogens (tertiary/aromatic N) is 1. The van der Waals surface area contributed by atoms with E-state index in [-0.39, 0.29) is 11.6 Å². The van der Waals surface area contributed by atoms with Crippen molar-refractivity contribution in [3.05, 3.63) is 53.4 Å². The molecule has 1 aromatic rings. The summed E-state index contributed by atoms with van der Waals surface area (Å²) in [7, 11) is 0.445. The van der Waals surface area contributed by atoms with E-state index >= 15 is 0 Å². The molecule has 0 saturated heterocycles. The van der Waals surface area contributed by atoms with Crippen molar-refractivity contribution in [1.29, 1.82) is 0 Å². The first-order valence-electron chi connectivity index (χ1n) is 8.08. The summed E-state index contributed by atoms with van der Waals surface area (Å²) >= 11 is 0. The Hall–Kier alpha value is -1.71. The maximum Gasteiger partial charge on any atom is 0.199 e. The van der Waals surface area contributed by atoms with Crippen molar-refractivity contribution in [2.24, 2.45) is 16.6 Å². The molecule has 1 atom stereocenters. The minimum Gasteiger partial charge on any atom is -0.440 e. The van der Waals surface area contributed by atoms with E-state index in [0.717, 1.165) is 23.8 Å². The van der Waals surface area contributed by atoms with Crippen molar-refractivity contribution in [3.63, 3.8) is 0 Å². The highest BCUT2D eigenvalue weighted by molar-refractivity contribution is 7.44. The molecule has 0 amide bonds. The number of benzene rings is 1. The third kappa shape index (κ3) is 5.73. The molecule has 0 aliphatic carbocycles. The number of nitrogens with two attached hydrogens (primary N) is 1. The van der Waals surface area contributed by atoms with Gasteiger partial charge in [-0.2, -0.15) is 0 Å². The molecule has 24 heavy (non-hydrogen) atoms. The maximum absolute atomic E-state index is 14.2. The lowest BCUT2D eigenvalue weighted by molar-refractivity contribution is 0.486. The molecule has 0 fully saturated rings. The van der Waals surface area contributed by atoms with Crippen LogP contribution in [0.1, 0.15) is 25.8 Å². The molecule has 0 spiro atoms. The molecule has 0 aromatic heterocycles. The lowest BCUT2D eigenvalue weighted by Crippen LogP contribution is -2.17.